The van der Waals surface area contributed by atoms with Crippen LogP contribution >= 0.6 is 0 Å². The van der Waals surface area contributed by atoms with Gasteiger partial charge in [0, 0.05) is 0 Å². The lowest BCUT2D eigenvalue weighted by molar-refractivity contribution is -0.727. The van der Waals surface area contributed by atoms with Crippen molar-refractivity contribution in [3.8, 4) is 0 Å². The first kappa shape index (κ1) is 6.65. The number of nitrogens with two attached hydrogens (primary N) is 2. The van der Waals surface area contributed by atoms with Crippen molar-refractivity contribution in [3.63, 3.8) is 0 Å². The van der Waals surface area contributed by atoms with Crippen LogP contribution in [0.15, 0.2) is 11.6 Å². The van der Waals surface area contributed by atoms with E-state index in [2.05, 4.69) is 0 Å². The molecule has 1 rings (SSSR count). The number of amidine groups is 1. The Hall–Kier alpha value is -1.47. The largest absolute Gasteiger partial charge is 0.704 e. The third kappa shape index (κ3) is 0.582. The molecule has 6 N–H and O–H groups in total. The van der Waals surface area contributed by atoms with Crippen molar-refractivity contribution in [2.24, 2.45) is 11.5 Å². The molecular formula is C3H6N4O3. The van der Waals surface area contributed by atoms with Gasteiger partial charge in [-0.1, -0.05) is 0 Å². The lowest BCUT2D eigenvalue weighted by Gasteiger charge is -2.09. The number of nitrogens with zero attached hydrogens (tertiary/aromatic N) is 1. The summed E-state index contributed by atoms with van der Waals surface area (Å²) in [5.41, 5.74) is 9.95. The first-order chi connectivity index (χ1) is 4.55. The van der Waals surface area contributed by atoms with Gasteiger partial charge in [0.2, 0.25) is 0 Å². The Morgan fingerprint density at radius 2 is 2.00 bits per heavy atom. The molecule has 1 atom stereocenters. The zero-order valence-corrected chi connectivity index (χ0v) is 4.87. The molecule has 0 aromatic carbocycles. The number of rotatable bonds is 0. The molecule has 0 amide bonds. The Balaban J connectivity index is 3.09. The fraction of sp³-hybridized carbons (Fsp3) is 0. The number of nitrogens with one attached hydrogen (secondary N) is 1. The molecule has 0 aromatic rings. The second-order valence-electron chi connectivity index (χ2n) is 1.75. The smallest absolute Gasteiger partial charge is 0.474 e. The van der Waals surface area contributed by atoms with Crippen LogP contribution in [0.4, 0.5) is 0 Å². The Labute approximate surface area is 55.6 Å². The summed E-state index contributed by atoms with van der Waals surface area (Å²) < 4.78 is -0.113. The van der Waals surface area contributed by atoms with Crippen molar-refractivity contribution in [2.75, 3.05) is 0 Å². The first-order valence-electron chi connectivity index (χ1n) is 2.38. The van der Waals surface area contributed by atoms with Crippen LogP contribution in [0.3, 0.4) is 0 Å². The van der Waals surface area contributed by atoms with Gasteiger partial charge in [-0.05, 0) is 0 Å². The molecule has 0 bridgehead atoms. The lowest BCUT2D eigenvalue weighted by Crippen LogP contribution is -3.09. The predicted octanol–water partition coefficient (Wildman–Crippen LogP) is -3.15. The molecule has 0 radical (unpaired) electrons. The quantitative estimate of drug-likeness (QED) is 0.212. The highest BCUT2D eigenvalue weighted by Crippen LogP contribution is 1.90. The predicted molar refractivity (Wildman–Crippen MR) is 31.0 cm³/mol. The Morgan fingerprint density at radius 1 is 1.50 bits per heavy atom. The normalized spacial score (nSPS) is 26.3. The van der Waals surface area contributed by atoms with Gasteiger partial charge in [0.05, 0.1) is 0 Å². The van der Waals surface area contributed by atoms with E-state index < -0.39 is 22.7 Å². The molecule has 0 aliphatic carbocycles. The third-order valence-corrected chi connectivity index (χ3v) is 1.13. The molecule has 1 aliphatic rings. The summed E-state index contributed by atoms with van der Waals surface area (Å²) in [6.45, 7) is 0. The van der Waals surface area contributed by atoms with E-state index in [9.17, 15) is 10.4 Å². The van der Waals surface area contributed by atoms with Crippen LogP contribution in [0.1, 0.15) is 0 Å². The minimum Gasteiger partial charge on any atom is -0.704 e. The lowest BCUT2D eigenvalue weighted by atomic mass is 10.7. The topological polar surface area (TPSA) is 126 Å². The summed E-state index contributed by atoms with van der Waals surface area (Å²) in [4.78, 5) is 0. The van der Waals surface area contributed by atoms with Crippen LogP contribution in [-0.4, -0.2) is 15.9 Å². The van der Waals surface area contributed by atoms with E-state index >= 15 is 0 Å². The number of aliphatic hydroxyl groups is 1. The molecule has 56 valence electrons. The maximum atomic E-state index is 10.5. The van der Waals surface area contributed by atoms with Gasteiger partial charge in [-0.3, -0.25) is 5.73 Å². The summed E-state index contributed by atoms with van der Waals surface area (Å²) in [5.74, 6) is -0.866. The van der Waals surface area contributed by atoms with Crippen LogP contribution in [0.5, 0.6) is 0 Å². The van der Waals surface area contributed by atoms with Crippen LogP contribution in [-0.2, 0) is 0 Å². The van der Waals surface area contributed by atoms with E-state index in [0.717, 1.165) is 0 Å². The van der Waals surface area contributed by atoms with Gasteiger partial charge in [0.25, 0.3) is 5.82 Å². The van der Waals surface area contributed by atoms with Crippen LogP contribution in [0.2, 0.25) is 0 Å². The van der Waals surface area contributed by atoms with Crippen LogP contribution in [0, 0.1) is 10.4 Å². The standard InChI is InChI=1S/C3H6N4O3/c4-1-2(5)7(10)3(8)6(1)9/h6,8H,4-5H2. The van der Waals surface area contributed by atoms with Gasteiger partial charge < -0.3 is 21.3 Å². The maximum Gasteiger partial charge on any atom is 0.474 e. The minimum absolute atomic E-state index is 0.113. The molecule has 0 saturated heterocycles. The Bertz CT molecular complexity index is 208. The second-order valence-corrected chi connectivity index (χ2v) is 1.75. The van der Waals surface area contributed by atoms with Gasteiger partial charge in [-0.15, -0.1) is 4.74 Å². The molecule has 0 fully saturated rings. The molecule has 7 heteroatoms. The summed E-state index contributed by atoms with van der Waals surface area (Å²) in [7, 11) is 0. The van der Waals surface area contributed by atoms with Gasteiger partial charge >= 0.3 is 11.8 Å². The van der Waals surface area contributed by atoms with Crippen LogP contribution < -0.4 is 16.5 Å². The van der Waals surface area contributed by atoms with E-state index in [4.69, 9.17) is 16.6 Å². The molecule has 1 heterocycles. The van der Waals surface area contributed by atoms with Crippen molar-refractivity contribution in [2.45, 2.75) is 0 Å². The third-order valence-electron chi connectivity index (χ3n) is 1.13. The molecule has 0 spiro atoms. The number of hydroxylamine groups is 3. The van der Waals surface area contributed by atoms with Gasteiger partial charge in [0.15, 0.2) is 0 Å². The van der Waals surface area contributed by atoms with E-state index in [1.165, 1.54) is 0 Å². The Kier molecular flexibility index (Phi) is 1.17. The molecule has 7 nitrogen and oxygen atoms in total. The van der Waals surface area contributed by atoms with E-state index in [-0.39, 0.29) is 4.74 Å². The zero-order chi connectivity index (χ0) is 7.89. The van der Waals surface area contributed by atoms with Crippen molar-refractivity contribution < 1.29 is 14.9 Å². The highest BCUT2D eigenvalue weighted by atomic mass is 16.6. The summed E-state index contributed by atoms with van der Waals surface area (Å²) in [5, 5.41) is 28.7. The number of aliphatic hydroxyl groups excluding tert-OH is 1. The van der Waals surface area contributed by atoms with Gasteiger partial charge in [-0.2, -0.15) is 0 Å². The Morgan fingerprint density at radius 3 is 2.10 bits per heavy atom. The average Bonchev–Trinajstić information content (AvgIpc) is 2.07. The fourth-order valence-corrected chi connectivity index (χ4v) is 0.552. The monoisotopic (exact) mass is 146 g/mol. The van der Waals surface area contributed by atoms with Crippen molar-refractivity contribution in [1.29, 1.82) is 0 Å². The van der Waals surface area contributed by atoms with E-state index in [0.29, 0.717) is 0 Å². The molecule has 1 aliphatic heterocycles. The molecular weight excluding hydrogens is 140 g/mol. The first-order valence-corrected chi connectivity index (χ1v) is 2.38. The van der Waals surface area contributed by atoms with Crippen molar-refractivity contribution in [1.82, 2.24) is 0 Å². The highest BCUT2D eigenvalue weighted by molar-refractivity contribution is 5.58. The SMILES string of the molecule is NC1=C(N)[NH+]([O-])C(O)=[N+]1[O-]. The van der Waals surface area contributed by atoms with Crippen molar-refractivity contribution in [3.05, 3.63) is 22.1 Å². The molecule has 10 heavy (non-hydrogen) atoms. The van der Waals surface area contributed by atoms with E-state index in [1.54, 1.807) is 0 Å². The fourth-order valence-electron chi connectivity index (χ4n) is 0.552. The maximum absolute atomic E-state index is 10.5. The van der Waals surface area contributed by atoms with Gasteiger partial charge in [-0.25, -0.2) is 5.06 Å². The second kappa shape index (κ2) is 1.75. The molecule has 0 saturated carbocycles. The summed E-state index contributed by atoms with van der Waals surface area (Å²) >= 11 is 0. The summed E-state index contributed by atoms with van der Waals surface area (Å²) in [6, 6.07) is -0.977. The number of hydrogen-bond donors (Lipinski definition) is 4. The van der Waals surface area contributed by atoms with Crippen molar-refractivity contribution >= 4 is 6.02 Å². The molecule has 0 aromatic heterocycles. The van der Waals surface area contributed by atoms with E-state index in [1.807, 2.05) is 0 Å². The van der Waals surface area contributed by atoms with Gasteiger partial charge in [0.1, 0.15) is 0 Å². The number of hydrogen-bond acceptors (Lipinski definition) is 4. The highest BCUT2D eigenvalue weighted by Gasteiger charge is 2.31. The number of quaternary nitrogens is 1. The van der Waals surface area contributed by atoms with Crippen LogP contribution in [0.25, 0.3) is 0 Å². The minimum atomic E-state index is -0.977. The summed E-state index contributed by atoms with van der Waals surface area (Å²) in [6.07, 6.45) is 0. The molecule has 1 unspecified atom stereocenters. The average molecular weight is 146 g/mol. The zero-order valence-electron chi connectivity index (χ0n) is 4.87.